The van der Waals surface area contributed by atoms with Gasteiger partial charge in [-0.3, -0.25) is 4.99 Å². The normalized spacial score (nSPS) is 30.3. The van der Waals surface area contributed by atoms with E-state index in [1.54, 1.807) is 0 Å². The lowest BCUT2D eigenvalue weighted by atomic mass is 9.62. The second-order valence-electron chi connectivity index (χ2n) is 5.45. The summed E-state index contributed by atoms with van der Waals surface area (Å²) in [6.45, 7) is 4.61. The lowest BCUT2D eigenvalue weighted by Gasteiger charge is -2.42. The third-order valence-electron chi connectivity index (χ3n) is 4.50. The van der Waals surface area contributed by atoms with Gasteiger partial charge in [-0.1, -0.05) is 50.1 Å². The van der Waals surface area contributed by atoms with Gasteiger partial charge in [0, 0.05) is 24.1 Å². The summed E-state index contributed by atoms with van der Waals surface area (Å²) in [4.78, 5) is 4.45. The summed E-state index contributed by atoms with van der Waals surface area (Å²) in [5.74, 6) is 0.614. The predicted molar refractivity (Wildman–Crippen MR) is 74.8 cm³/mol. The van der Waals surface area contributed by atoms with Gasteiger partial charge in [-0.05, 0) is 25.3 Å². The van der Waals surface area contributed by atoms with Gasteiger partial charge < -0.3 is 0 Å². The largest absolute Gasteiger partial charge is 0.297 e. The molecule has 1 nitrogen and oxygen atoms in total. The summed E-state index contributed by atoms with van der Waals surface area (Å²) < 4.78 is 0. The first-order valence-electron chi connectivity index (χ1n) is 6.67. The Bertz CT molecular complexity index is 393. The third kappa shape index (κ3) is 2.29. The number of hydrogen-bond acceptors (Lipinski definition) is 1. The van der Waals surface area contributed by atoms with E-state index in [1.807, 2.05) is 7.05 Å². The Morgan fingerprint density at radius 2 is 1.94 bits per heavy atom. The van der Waals surface area contributed by atoms with Gasteiger partial charge in [0.1, 0.15) is 0 Å². The van der Waals surface area contributed by atoms with E-state index in [9.17, 15) is 0 Å². The Kier molecular flexibility index (Phi) is 3.66. The van der Waals surface area contributed by atoms with E-state index in [-0.39, 0.29) is 5.41 Å². The third-order valence-corrected chi connectivity index (χ3v) is 4.50. The molecule has 0 heterocycles. The van der Waals surface area contributed by atoms with Crippen LogP contribution in [0.5, 0.6) is 0 Å². The minimum atomic E-state index is 0.281. The highest BCUT2D eigenvalue weighted by atomic mass is 14.7. The maximum atomic E-state index is 4.45. The van der Waals surface area contributed by atoms with Crippen molar-refractivity contribution in [3.05, 3.63) is 35.9 Å². The molecule has 0 aromatic heterocycles. The predicted octanol–water partition coefficient (Wildman–Crippen LogP) is 4.23. The Hall–Kier alpha value is -1.11. The second kappa shape index (κ2) is 5.03. The Labute approximate surface area is 105 Å². The van der Waals surface area contributed by atoms with Gasteiger partial charge in [-0.15, -0.1) is 0 Å². The molecule has 0 radical (unpaired) electrons. The number of aliphatic imine (C=N–C) groups is 1. The van der Waals surface area contributed by atoms with Crippen LogP contribution >= 0.6 is 0 Å². The Morgan fingerprint density at radius 1 is 1.24 bits per heavy atom. The van der Waals surface area contributed by atoms with Crippen molar-refractivity contribution in [3.8, 4) is 0 Å². The van der Waals surface area contributed by atoms with Gasteiger partial charge in [0.05, 0.1) is 0 Å². The minimum absolute atomic E-state index is 0.281. The molecule has 2 atom stereocenters. The first-order valence-corrected chi connectivity index (χ1v) is 6.67. The topological polar surface area (TPSA) is 12.4 Å². The van der Waals surface area contributed by atoms with Crippen LogP contribution in [0.4, 0.5) is 0 Å². The van der Waals surface area contributed by atoms with Gasteiger partial charge in [0.15, 0.2) is 0 Å². The number of nitrogens with zero attached hydrogens (tertiary/aromatic N) is 1. The highest BCUT2D eigenvalue weighted by Crippen LogP contribution is 2.44. The number of benzene rings is 1. The van der Waals surface area contributed by atoms with Crippen LogP contribution in [0.2, 0.25) is 0 Å². The van der Waals surface area contributed by atoms with Crippen LogP contribution in [0, 0.1) is 5.92 Å². The molecule has 1 aromatic carbocycles. The zero-order valence-electron chi connectivity index (χ0n) is 11.2. The maximum absolute atomic E-state index is 4.45. The van der Waals surface area contributed by atoms with Crippen molar-refractivity contribution in [1.29, 1.82) is 0 Å². The van der Waals surface area contributed by atoms with E-state index in [0.29, 0.717) is 5.92 Å². The zero-order chi connectivity index (χ0) is 12.3. The van der Waals surface area contributed by atoms with Gasteiger partial charge >= 0.3 is 0 Å². The highest BCUT2D eigenvalue weighted by Gasteiger charge is 2.39. The lowest BCUT2D eigenvalue weighted by Crippen LogP contribution is -2.39. The molecule has 1 aliphatic carbocycles. The van der Waals surface area contributed by atoms with Gasteiger partial charge in [0.25, 0.3) is 0 Å². The van der Waals surface area contributed by atoms with Crippen molar-refractivity contribution in [3.63, 3.8) is 0 Å². The van der Waals surface area contributed by atoms with Crippen LogP contribution in [0.25, 0.3) is 0 Å². The monoisotopic (exact) mass is 229 g/mol. The van der Waals surface area contributed by atoms with Crippen LogP contribution in [-0.2, 0) is 5.41 Å². The summed E-state index contributed by atoms with van der Waals surface area (Å²) in [5, 5.41) is 0. The lowest BCUT2D eigenvalue weighted by molar-refractivity contribution is 0.263. The molecule has 1 saturated carbocycles. The molecule has 1 aliphatic rings. The Balaban J connectivity index is 2.38. The molecule has 0 bridgehead atoms. The first kappa shape index (κ1) is 12.3. The summed E-state index contributed by atoms with van der Waals surface area (Å²) in [5.41, 5.74) is 3.08. The highest BCUT2D eigenvalue weighted by molar-refractivity contribution is 5.86. The molecule has 0 spiro atoms. The van der Waals surface area contributed by atoms with Crippen LogP contribution in [-0.4, -0.2) is 12.8 Å². The van der Waals surface area contributed by atoms with Crippen molar-refractivity contribution in [2.45, 2.75) is 44.9 Å². The first-order chi connectivity index (χ1) is 8.18. The SMILES string of the molecule is C/N=C(/C)C1CCCCC1(C)c1ccccc1. The Morgan fingerprint density at radius 3 is 2.59 bits per heavy atom. The second-order valence-corrected chi connectivity index (χ2v) is 5.45. The van der Waals surface area contributed by atoms with E-state index in [0.717, 1.165) is 0 Å². The molecule has 2 unspecified atom stereocenters. The van der Waals surface area contributed by atoms with Crippen molar-refractivity contribution < 1.29 is 0 Å². The average molecular weight is 229 g/mol. The van der Waals surface area contributed by atoms with Crippen LogP contribution in [0.3, 0.4) is 0 Å². The molecule has 17 heavy (non-hydrogen) atoms. The number of hydrogen-bond donors (Lipinski definition) is 0. The van der Waals surface area contributed by atoms with Crippen molar-refractivity contribution in [1.82, 2.24) is 0 Å². The average Bonchev–Trinajstić information content (AvgIpc) is 2.39. The number of rotatable bonds is 2. The van der Waals surface area contributed by atoms with E-state index >= 15 is 0 Å². The molecule has 0 aliphatic heterocycles. The fourth-order valence-corrected chi connectivity index (χ4v) is 3.32. The summed E-state index contributed by atoms with van der Waals surface area (Å²) in [6.07, 6.45) is 5.27. The van der Waals surface area contributed by atoms with Crippen molar-refractivity contribution in [2.75, 3.05) is 7.05 Å². The molecule has 0 amide bonds. The van der Waals surface area contributed by atoms with E-state index < -0.39 is 0 Å². The van der Waals surface area contributed by atoms with E-state index in [1.165, 1.54) is 37.0 Å². The molecule has 1 fully saturated rings. The molecule has 2 rings (SSSR count). The zero-order valence-corrected chi connectivity index (χ0v) is 11.2. The van der Waals surface area contributed by atoms with Crippen LogP contribution in [0.15, 0.2) is 35.3 Å². The summed E-state index contributed by atoms with van der Waals surface area (Å²) in [7, 11) is 1.93. The molecule has 0 N–H and O–H groups in total. The van der Waals surface area contributed by atoms with Gasteiger partial charge in [-0.25, -0.2) is 0 Å². The standard InChI is InChI=1S/C16H23N/c1-13(17-3)15-11-7-8-12-16(15,2)14-9-5-4-6-10-14/h4-6,9-10,15H,7-8,11-12H2,1-3H3/b17-13-. The van der Waals surface area contributed by atoms with Gasteiger partial charge in [-0.2, -0.15) is 0 Å². The molecule has 0 saturated heterocycles. The molecular weight excluding hydrogens is 206 g/mol. The molecule has 1 heteroatoms. The quantitative estimate of drug-likeness (QED) is 0.673. The van der Waals surface area contributed by atoms with Crippen molar-refractivity contribution in [2.24, 2.45) is 10.9 Å². The fraction of sp³-hybridized carbons (Fsp3) is 0.562. The molecule has 92 valence electrons. The van der Waals surface area contributed by atoms with Crippen molar-refractivity contribution >= 4 is 5.71 Å². The van der Waals surface area contributed by atoms with Crippen LogP contribution in [0.1, 0.15) is 45.1 Å². The molecular formula is C16H23N. The summed E-state index contributed by atoms with van der Waals surface area (Å²) in [6, 6.07) is 11.0. The maximum Gasteiger partial charge on any atom is 0.0276 e. The van der Waals surface area contributed by atoms with E-state index in [2.05, 4.69) is 49.2 Å². The van der Waals surface area contributed by atoms with Gasteiger partial charge in [0.2, 0.25) is 0 Å². The van der Waals surface area contributed by atoms with E-state index in [4.69, 9.17) is 0 Å². The molecule has 1 aromatic rings. The summed E-state index contributed by atoms with van der Waals surface area (Å²) >= 11 is 0. The minimum Gasteiger partial charge on any atom is -0.297 e. The fourth-order valence-electron chi connectivity index (χ4n) is 3.32. The van der Waals surface area contributed by atoms with Crippen LogP contribution < -0.4 is 0 Å². The smallest absolute Gasteiger partial charge is 0.0276 e.